The van der Waals surface area contributed by atoms with Crippen molar-refractivity contribution in [1.82, 2.24) is 4.98 Å². The molecule has 4 aromatic rings. The van der Waals surface area contributed by atoms with Crippen molar-refractivity contribution >= 4 is 11.7 Å². The summed E-state index contributed by atoms with van der Waals surface area (Å²) >= 11 is 0. The molecule has 0 saturated heterocycles. The molecule has 0 aliphatic heterocycles. The average molecular weight is 444 g/mol. The van der Waals surface area contributed by atoms with Crippen LogP contribution in [0.15, 0.2) is 83.3 Å². The van der Waals surface area contributed by atoms with Crippen molar-refractivity contribution in [2.75, 3.05) is 7.11 Å². The summed E-state index contributed by atoms with van der Waals surface area (Å²) in [5, 5.41) is 11.0. The number of nitrogens with zero attached hydrogens (tertiary/aromatic N) is 2. The van der Waals surface area contributed by atoms with Crippen LogP contribution in [-0.2, 0) is 11.2 Å². The Morgan fingerprint density at radius 2 is 1.64 bits per heavy atom. The molecule has 1 aromatic heterocycles. The minimum Gasteiger partial charge on any atom is -0.493 e. The van der Waals surface area contributed by atoms with E-state index >= 15 is 0 Å². The topological polar surface area (TPSA) is 105 Å². The molecule has 33 heavy (non-hydrogen) atoms. The number of ether oxygens (including phenoxy) is 2. The third kappa shape index (κ3) is 5.07. The molecule has 4 rings (SSSR count). The van der Waals surface area contributed by atoms with Crippen LogP contribution in [0.2, 0.25) is 0 Å². The number of non-ortho nitro benzene ring substituents is 1. The second-order valence-corrected chi connectivity index (χ2v) is 7.08. The van der Waals surface area contributed by atoms with Crippen LogP contribution in [0.4, 0.5) is 5.69 Å². The number of methoxy groups -OCH3 is 1. The van der Waals surface area contributed by atoms with Gasteiger partial charge in [-0.1, -0.05) is 60.7 Å². The molecule has 0 bridgehead atoms. The molecular weight excluding hydrogens is 424 g/mol. The molecule has 0 amide bonds. The summed E-state index contributed by atoms with van der Waals surface area (Å²) in [6, 6.07) is 23.1. The van der Waals surface area contributed by atoms with Gasteiger partial charge in [-0.15, -0.1) is 0 Å². The lowest BCUT2D eigenvalue weighted by molar-refractivity contribution is -0.384. The van der Waals surface area contributed by atoms with Crippen molar-refractivity contribution in [1.29, 1.82) is 0 Å². The van der Waals surface area contributed by atoms with E-state index in [0.717, 1.165) is 17.2 Å². The highest BCUT2D eigenvalue weighted by molar-refractivity contribution is 5.77. The highest BCUT2D eigenvalue weighted by Crippen LogP contribution is 2.34. The number of hydrogen-bond donors (Lipinski definition) is 0. The maximum Gasteiger partial charge on any atom is 0.311 e. The largest absolute Gasteiger partial charge is 0.493 e. The summed E-state index contributed by atoms with van der Waals surface area (Å²) in [5.74, 6) is 0.623. The van der Waals surface area contributed by atoms with Crippen molar-refractivity contribution in [3.8, 4) is 34.1 Å². The van der Waals surface area contributed by atoms with Crippen LogP contribution in [0.5, 0.6) is 11.5 Å². The summed E-state index contributed by atoms with van der Waals surface area (Å²) in [6.07, 6.45) is 0.164. The molecule has 0 fully saturated rings. The van der Waals surface area contributed by atoms with Crippen LogP contribution in [0.25, 0.3) is 22.6 Å². The van der Waals surface area contributed by atoms with Gasteiger partial charge in [0.25, 0.3) is 5.69 Å². The number of carbonyl (C=O) groups excluding carboxylic acids is 1. The van der Waals surface area contributed by atoms with E-state index in [-0.39, 0.29) is 30.0 Å². The molecule has 0 aliphatic rings. The Morgan fingerprint density at radius 3 is 2.27 bits per heavy atom. The number of benzene rings is 3. The number of nitro benzene ring substituents is 1. The van der Waals surface area contributed by atoms with Gasteiger partial charge in [0.1, 0.15) is 5.69 Å². The van der Waals surface area contributed by atoms with Crippen molar-refractivity contribution in [2.45, 2.75) is 12.8 Å². The Hall–Kier alpha value is -4.46. The Morgan fingerprint density at radius 1 is 0.970 bits per heavy atom. The fourth-order valence-electron chi connectivity index (χ4n) is 3.29. The van der Waals surface area contributed by atoms with Crippen LogP contribution in [-0.4, -0.2) is 23.0 Å². The van der Waals surface area contributed by atoms with Gasteiger partial charge in [-0.05, 0) is 6.07 Å². The molecule has 1 heterocycles. The van der Waals surface area contributed by atoms with E-state index in [4.69, 9.17) is 13.9 Å². The zero-order chi connectivity index (χ0) is 23.2. The molecular formula is C25H20N2O6. The number of aromatic nitrogens is 1. The normalized spacial score (nSPS) is 10.6. The van der Waals surface area contributed by atoms with Gasteiger partial charge in [0.2, 0.25) is 0 Å². The summed E-state index contributed by atoms with van der Waals surface area (Å²) < 4.78 is 16.5. The number of rotatable bonds is 8. The van der Waals surface area contributed by atoms with Gasteiger partial charge < -0.3 is 13.9 Å². The second-order valence-electron chi connectivity index (χ2n) is 7.08. The zero-order valence-corrected chi connectivity index (χ0v) is 17.8. The molecule has 0 radical (unpaired) electrons. The third-order valence-electron chi connectivity index (χ3n) is 4.88. The maximum atomic E-state index is 12.4. The molecule has 0 saturated carbocycles. The predicted molar refractivity (Wildman–Crippen MR) is 121 cm³/mol. The summed E-state index contributed by atoms with van der Waals surface area (Å²) in [7, 11) is 1.39. The molecule has 3 aromatic carbocycles. The van der Waals surface area contributed by atoms with Crippen LogP contribution in [0.3, 0.4) is 0 Å². The molecule has 166 valence electrons. The quantitative estimate of drug-likeness (QED) is 0.154. The smallest absolute Gasteiger partial charge is 0.311 e. The fraction of sp³-hybridized carbons (Fsp3) is 0.120. The molecule has 0 unspecified atom stereocenters. The van der Waals surface area contributed by atoms with Gasteiger partial charge in [0.15, 0.2) is 23.1 Å². The average Bonchev–Trinajstić information content (AvgIpc) is 3.28. The van der Waals surface area contributed by atoms with Gasteiger partial charge in [-0.3, -0.25) is 14.9 Å². The van der Waals surface area contributed by atoms with Gasteiger partial charge in [-0.2, -0.15) is 0 Å². The van der Waals surface area contributed by atoms with Crippen molar-refractivity contribution in [2.24, 2.45) is 0 Å². The van der Waals surface area contributed by atoms with E-state index in [1.807, 2.05) is 60.7 Å². The number of esters is 1. The summed E-state index contributed by atoms with van der Waals surface area (Å²) in [4.78, 5) is 27.5. The van der Waals surface area contributed by atoms with E-state index < -0.39 is 10.9 Å². The van der Waals surface area contributed by atoms with E-state index in [9.17, 15) is 14.9 Å². The third-order valence-corrected chi connectivity index (χ3v) is 4.88. The van der Waals surface area contributed by atoms with Gasteiger partial charge in [0, 0.05) is 23.6 Å². The van der Waals surface area contributed by atoms with Gasteiger partial charge in [0.05, 0.1) is 24.5 Å². The Balaban J connectivity index is 1.53. The number of hydrogen-bond acceptors (Lipinski definition) is 7. The first-order chi connectivity index (χ1) is 16.0. The lowest BCUT2D eigenvalue weighted by atomic mass is 10.1. The number of aryl methyl sites for hydroxylation is 1. The van der Waals surface area contributed by atoms with E-state index in [1.54, 1.807) is 0 Å². The van der Waals surface area contributed by atoms with Crippen LogP contribution < -0.4 is 9.47 Å². The maximum absolute atomic E-state index is 12.4. The van der Waals surface area contributed by atoms with E-state index in [2.05, 4.69) is 4.98 Å². The highest BCUT2D eigenvalue weighted by Gasteiger charge is 2.19. The van der Waals surface area contributed by atoms with Crippen LogP contribution >= 0.6 is 0 Å². The minimum absolute atomic E-state index is 0.0148. The Kier molecular flexibility index (Phi) is 6.45. The monoisotopic (exact) mass is 444 g/mol. The Labute approximate surface area is 189 Å². The lowest BCUT2D eigenvalue weighted by Crippen LogP contribution is -2.10. The first kappa shape index (κ1) is 21.8. The van der Waals surface area contributed by atoms with Crippen LogP contribution in [0.1, 0.15) is 12.3 Å². The first-order valence-corrected chi connectivity index (χ1v) is 10.2. The van der Waals surface area contributed by atoms with Gasteiger partial charge in [-0.25, -0.2) is 4.98 Å². The molecule has 8 heteroatoms. The van der Waals surface area contributed by atoms with Gasteiger partial charge >= 0.3 is 5.97 Å². The fourth-order valence-corrected chi connectivity index (χ4v) is 3.29. The summed E-state index contributed by atoms with van der Waals surface area (Å²) in [5.41, 5.74) is 2.26. The lowest BCUT2D eigenvalue weighted by Gasteiger charge is -2.08. The first-order valence-electron chi connectivity index (χ1n) is 10.2. The predicted octanol–water partition coefficient (Wildman–Crippen LogP) is 5.46. The zero-order valence-electron chi connectivity index (χ0n) is 17.8. The highest BCUT2D eigenvalue weighted by atomic mass is 16.6. The summed E-state index contributed by atoms with van der Waals surface area (Å²) in [6.45, 7) is 0. The number of nitro groups is 1. The number of carbonyl (C=O) groups is 1. The Bertz CT molecular complexity index is 1210. The molecule has 0 atom stereocenters. The molecule has 0 aliphatic carbocycles. The van der Waals surface area contributed by atoms with E-state index in [1.165, 1.54) is 19.2 Å². The SMILES string of the molecule is COc1ccc([N+](=O)[O-])cc1OC(=O)CCc1nc(-c2ccccc2)c(-c2ccccc2)o1. The van der Waals surface area contributed by atoms with E-state index in [0.29, 0.717) is 17.3 Å². The van der Waals surface area contributed by atoms with Crippen LogP contribution in [0, 0.1) is 10.1 Å². The molecule has 8 nitrogen and oxygen atoms in total. The molecule has 0 N–H and O–H groups in total. The molecule has 0 spiro atoms. The van der Waals surface area contributed by atoms with Crippen molar-refractivity contribution in [3.05, 3.63) is 94.9 Å². The minimum atomic E-state index is -0.588. The van der Waals surface area contributed by atoms with Crippen molar-refractivity contribution in [3.63, 3.8) is 0 Å². The van der Waals surface area contributed by atoms with Crippen molar-refractivity contribution < 1.29 is 23.6 Å². The standard InChI is InChI=1S/C25H20N2O6/c1-31-20-13-12-19(27(29)30)16-21(20)32-23(28)15-14-22-26-24(17-8-4-2-5-9-17)25(33-22)18-10-6-3-7-11-18/h2-13,16H,14-15H2,1H3. The second kappa shape index (κ2) is 9.78. The number of oxazole rings is 1.